The Labute approximate surface area is 129 Å². The van der Waals surface area contributed by atoms with Crippen LogP contribution in [-0.4, -0.2) is 7.11 Å². The molecule has 1 atom stereocenters. The highest BCUT2D eigenvalue weighted by Crippen LogP contribution is 2.39. The van der Waals surface area contributed by atoms with Crippen LogP contribution in [0, 0.1) is 12.7 Å². The summed E-state index contributed by atoms with van der Waals surface area (Å²) in [6.45, 7) is 2.04. The van der Waals surface area contributed by atoms with Gasteiger partial charge >= 0.3 is 0 Å². The number of methoxy groups -OCH3 is 1. The average Bonchev–Trinajstić information content (AvgIpc) is 2.41. The first-order valence-electron chi connectivity index (χ1n) is 5.76. The van der Waals surface area contributed by atoms with E-state index in [1.165, 1.54) is 11.6 Å². The van der Waals surface area contributed by atoms with Gasteiger partial charge in [-0.3, -0.25) is 0 Å². The normalized spacial score (nSPS) is 12.3. The van der Waals surface area contributed by atoms with Crippen molar-refractivity contribution in [2.45, 2.75) is 11.8 Å². The summed E-state index contributed by atoms with van der Waals surface area (Å²) < 4.78 is 19.2. The van der Waals surface area contributed by atoms with E-state index in [4.69, 9.17) is 4.74 Å². The third kappa shape index (κ3) is 3.18. The largest absolute Gasteiger partial charge is 0.496 e. The number of alkyl halides is 1. The molecule has 0 aliphatic carbocycles. The Hall–Kier alpha value is -0.870. The first-order chi connectivity index (χ1) is 9.02. The Kier molecular flexibility index (Phi) is 4.63. The lowest BCUT2D eigenvalue weighted by Crippen LogP contribution is -1.98. The van der Waals surface area contributed by atoms with Crippen molar-refractivity contribution in [2.75, 3.05) is 7.11 Å². The molecule has 0 aromatic heterocycles. The smallest absolute Gasteiger partial charge is 0.141 e. The zero-order chi connectivity index (χ0) is 14.0. The number of hydrogen-bond donors (Lipinski definition) is 0. The number of ether oxygens (including phenoxy) is 1. The number of halogens is 3. The van der Waals surface area contributed by atoms with Gasteiger partial charge in [0.1, 0.15) is 11.6 Å². The Morgan fingerprint density at radius 3 is 2.37 bits per heavy atom. The van der Waals surface area contributed by atoms with Crippen LogP contribution in [0.25, 0.3) is 0 Å². The summed E-state index contributed by atoms with van der Waals surface area (Å²) in [5.41, 5.74) is 3.19. The number of hydrogen-bond acceptors (Lipinski definition) is 1. The van der Waals surface area contributed by atoms with Gasteiger partial charge in [-0.15, -0.1) is 0 Å². The summed E-state index contributed by atoms with van der Waals surface area (Å²) in [7, 11) is 1.54. The van der Waals surface area contributed by atoms with Crippen molar-refractivity contribution in [3.8, 4) is 5.75 Å². The second kappa shape index (κ2) is 6.06. The molecule has 100 valence electrons. The summed E-state index contributed by atoms with van der Waals surface area (Å²) in [6, 6.07) is 11.3. The summed E-state index contributed by atoms with van der Waals surface area (Å²) in [4.78, 5) is -0.0417. The summed E-state index contributed by atoms with van der Waals surface area (Å²) in [5.74, 6) is 0.201. The molecule has 0 aliphatic heterocycles. The number of aryl methyl sites for hydroxylation is 1. The van der Waals surface area contributed by atoms with E-state index < -0.39 is 0 Å². The third-order valence-corrected chi connectivity index (χ3v) is 4.55. The van der Waals surface area contributed by atoms with Crippen molar-refractivity contribution < 1.29 is 9.13 Å². The first kappa shape index (κ1) is 14.5. The lowest BCUT2D eigenvalue weighted by atomic mass is 10.0. The fraction of sp³-hybridized carbons (Fsp3) is 0.200. The summed E-state index contributed by atoms with van der Waals surface area (Å²) in [6.07, 6.45) is 0. The lowest BCUT2D eigenvalue weighted by molar-refractivity contribution is 0.406. The molecule has 4 heteroatoms. The molecule has 2 aromatic rings. The van der Waals surface area contributed by atoms with E-state index in [1.807, 2.05) is 19.1 Å². The van der Waals surface area contributed by atoms with Gasteiger partial charge in [0.05, 0.1) is 16.4 Å². The van der Waals surface area contributed by atoms with Crippen LogP contribution in [0.5, 0.6) is 5.75 Å². The van der Waals surface area contributed by atoms with E-state index in [9.17, 15) is 4.39 Å². The van der Waals surface area contributed by atoms with Crippen molar-refractivity contribution in [2.24, 2.45) is 0 Å². The fourth-order valence-corrected chi connectivity index (χ4v) is 2.86. The van der Waals surface area contributed by atoms with Gasteiger partial charge in [-0.1, -0.05) is 45.8 Å². The van der Waals surface area contributed by atoms with E-state index in [0.29, 0.717) is 10.2 Å². The molecule has 19 heavy (non-hydrogen) atoms. The van der Waals surface area contributed by atoms with Crippen molar-refractivity contribution in [3.05, 3.63) is 63.4 Å². The van der Waals surface area contributed by atoms with E-state index in [-0.39, 0.29) is 10.6 Å². The van der Waals surface area contributed by atoms with E-state index in [2.05, 4.69) is 44.0 Å². The van der Waals surface area contributed by atoms with Crippen LogP contribution in [0.1, 0.15) is 21.5 Å². The van der Waals surface area contributed by atoms with Gasteiger partial charge in [0.15, 0.2) is 0 Å². The van der Waals surface area contributed by atoms with Gasteiger partial charge in [0, 0.05) is 11.6 Å². The molecule has 1 nitrogen and oxygen atoms in total. The van der Waals surface area contributed by atoms with Crippen LogP contribution in [0.2, 0.25) is 0 Å². The minimum Gasteiger partial charge on any atom is -0.496 e. The van der Waals surface area contributed by atoms with Crippen molar-refractivity contribution >= 4 is 31.9 Å². The van der Waals surface area contributed by atoms with Gasteiger partial charge < -0.3 is 4.74 Å². The number of rotatable bonds is 3. The van der Waals surface area contributed by atoms with E-state index in [1.54, 1.807) is 13.2 Å². The van der Waals surface area contributed by atoms with Gasteiger partial charge in [0.25, 0.3) is 0 Å². The minimum absolute atomic E-state index is 0.0417. The Bertz CT molecular complexity index is 581. The molecule has 0 bridgehead atoms. The Morgan fingerprint density at radius 2 is 1.79 bits per heavy atom. The van der Waals surface area contributed by atoms with Crippen LogP contribution in [-0.2, 0) is 0 Å². The molecule has 0 saturated carbocycles. The standard InChI is InChI=1S/C15H13Br2FO/c1-9-3-5-10(6-4-9)15(17)11-7-12(16)13(18)8-14(11)19-2/h3-8,15H,1-2H3. The number of benzene rings is 2. The molecular formula is C15H13Br2FO. The maximum Gasteiger partial charge on any atom is 0.141 e. The topological polar surface area (TPSA) is 9.23 Å². The van der Waals surface area contributed by atoms with Crippen molar-refractivity contribution in [3.63, 3.8) is 0 Å². The second-order valence-electron chi connectivity index (χ2n) is 4.28. The fourth-order valence-electron chi connectivity index (χ4n) is 1.83. The predicted octanol–water partition coefficient (Wildman–Crippen LogP) is 5.39. The molecule has 0 spiro atoms. The highest BCUT2D eigenvalue weighted by Gasteiger charge is 2.17. The first-order valence-corrected chi connectivity index (χ1v) is 7.47. The third-order valence-electron chi connectivity index (χ3n) is 2.92. The molecule has 1 unspecified atom stereocenters. The van der Waals surface area contributed by atoms with Crippen LogP contribution in [0.15, 0.2) is 40.9 Å². The zero-order valence-electron chi connectivity index (χ0n) is 10.6. The van der Waals surface area contributed by atoms with Crippen LogP contribution >= 0.6 is 31.9 Å². The van der Waals surface area contributed by atoms with Crippen molar-refractivity contribution in [1.82, 2.24) is 0 Å². The monoisotopic (exact) mass is 386 g/mol. The van der Waals surface area contributed by atoms with Crippen LogP contribution in [0.4, 0.5) is 4.39 Å². The van der Waals surface area contributed by atoms with Gasteiger partial charge in [-0.05, 0) is 34.5 Å². The predicted molar refractivity (Wildman–Crippen MR) is 82.6 cm³/mol. The molecular weight excluding hydrogens is 375 g/mol. The Balaban J connectivity index is 2.45. The summed E-state index contributed by atoms with van der Waals surface area (Å²) >= 11 is 6.86. The molecule has 0 heterocycles. The van der Waals surface area contributed by atoms with Gasteiger partial charge in [0.2, 0.25) is 0 Å². The molecule has 0 N–H and O–H groups in total. The molecule has 0 fully saturated rings. The molecule has 2 aromatic carbocycles. The highest BCUT2D eigenvalue weighted by atomic mass is 79.9. The lowest BCUT2D eigenvalue weighted by Gasteiger charge is -2.16. The van der Waals surface area contributed by atoms with Crippen molar-refractivity contribution in [1.29, 1.82) is 0 Å². The molecule has 0 amide bonds. The zero-order valence-corrected chi connectivity index (χ0v) is 13.8. The van der Waals surface area contributed by atoms with E-state index in [0.717, 1.165) is 11.1 Å². The highest BCUT2D eigenvalue weighted by molar-refractivity contribution is 9.10. The maximum absolute atomic E-state index is 13.5. The van der Waals surface area contributed by atoms with Gasteiger partial charge in [-0.25, -0.2) is 4.39 Å². The maximum atomic E-state index is 13.5. The molecule has 0 aliphatic rings. The molecule has 0 radical (unpaired) electrons. The van der Waals surface area contributed by atoms with Crippen LogP contribution in [0.3, 0.4) is 0 Å². The molecule has 2 rings (SSSR count). The van der Waals surface area contributed by atoms with E-state index >= 15 is 0 Å². The Morgan fingerprint density at radius 1 is 1.16 bits per heavy atom. The molecule has 0 saturated heterocycles. The van der Waals surface area contributed by atoms with Gasteiger partial charge in [-0.2, -0.15) is 0 Å². The summed E-state index contributed by atoms with van der Waals surface area (Å²) in [5, 5.41) is 0. The average molecular weight is 388 g/mol. The minimum atomic E-state index is -0.329. The van der Waals surface area contributed by atoms with Crippen LogP contribution < -0.4 is 4.74 Å². The quantitative estimate of drug-likeness (QED) is 0.641. The SMILES string of the molecule is COc1cc(F)c(Br)cc1C(Br)c1ccc(C)cc1. The second-order valence-corrected chi connectivity index (χ2v) is 6.05.